The van der Waals surface area contributed by atoms with Crippen LogP contribution >= 0.6 is 0 Å². The summed E-state index contributed by atoms with van der Waals surface area (Å²) in [7, 11) is 1.81. The topological polar surface area (TPSA) is 62.2 Å². The van der Waals surface area contributed by atoms with E-state index in [1.165, 1.54) is 11.1 Å². The highest BCUT2D eigenvalue weighted by Crippen LogP contribution is 2.77. The SMILES string of the molecule is C=CCCN1CC[C@]23c4c5ccc(O)c4OC2C2(OC)CC[C@]3(CC2[C@](C)(O)C(C)(C)C)[C@H]1C5. The molecule has 1 aromatic rings. The molecule has 3 unspecified atom stereocenters. The number of benzene rings is 1. The van der Waals surface area contributed by atoms with Crippen molar-refractivity contribution in [2.45, 2.75) is 95.0 Å². The maximum absolute atomic E-state index is 12.2. The molecule has 0 amide bonds. The first-order chi connectivity index (χ1) is 16.0. The summed E-state index contributed by atoms with van der Waals surface area (Å²) in [6.07, 6.45) is 7.67. The zero-order valence-electron chi connectivity index (χ0n) is 21.5. The fourth-order valence-corrected chi connectivity index (χ4v) is 9.25. The first kappa shape index (κ1) is 22.9. The van der Waals surface area contributed by atoms with Gasteiger partial charge in [-0.3, -0.25) is 4.90 Å². The molecule has 186 valence electrons. The smallest absolute Gasteiger partial charge is 0.165 e. The molecule has 4 fully saturated rings. The number of hydrogen-bond donors (Lipinski definition) is 2. The molecular weight excluding hydrogens is 426 g/mol. The van der Waals surface area contributed by atoms with Gasteiger partial charge >= 0.3 is 0 Å². The second kappa shape index (κ2) is 6.80. The van der Waals surface area contributed by atoms with E-state index in [2.05, 4.69) is 38.3 Å². The van der Waals surface area contributed by atoms with Crippen LogP contribution in [0.2, 0.25) is 0 Å². The van der Waals surface area contributed by atoms with E-state index in [1.54, 1.807) is 0 Å². The Balaban J connectivity index is 1.61. The van der Waals surface area contributed by atoms with E-state index in [-0.39, 0.29) is 34.0 Å². The molecule has 6 aliphatic rings. The summed E-state index contributed by atoms with van der Waals surface area (Å²) >= 11 is 0. The van der Waals surface area contributed by atoms with Gasteiger partial charge in [0, 0.05) is 42.0 Å². The van der Waals surface area contributed by atoms with Crippen molar-refractivity contribution in [1.82, 2.24) is 4.90 Å². The van der Waals surface area contributed by atoms with Gasteiger partial charge in [0.25, 0.3) is 0 Å². The van der Waals surface area contributed by atoms with Gasteiger partial charge in [0.2, 0.25) is 0 Å². The minimum atomic E-state index is -0.932. The van der Waals surface area contributed by atoms with Crippen molar-refractivity contribution in [1.29, 1.82) is 0 Å². The lowest BCUT2D eigenvalue weighted by molar-refractivity contribution is -0.312. The average Bonchev–Trinajstić information content (AvgIpc) is 3.16. The van der Waals surface area contributed by atoms with Crippen molar-refractivity contribution in [2.75, 3.05) is 20.2 Å². The molecule has 0 aromatic heterocycles. The van der Waals surface area contributed by atoms with Crippen LogP contribution in [-0.2, 0) is 16.6 Å². The second-order valence-electron chi connectivity index (χ2n) is 13.0. The molecule has 2 N–H and O–H groups in total. The number of aliphatic hydroxyl groups is 1. The third-order valence-corrected chi connectivity index (χ3v) is 11.3. The number of aromatic hydroxyl groups is 1. The molecule has 5 heteroatoms. The molecule has 7 rings (SSSR count). The standard InChI is InChI=1S/C29H41NO4/c1-7-8-14-30-15-13-28-22-18-9-10-19(31)23(22)34-24(28)29(33-6)12-11-27(28,21(30)16-18)17-20(29)26(5,32)25(2,3)4/h7,9-10,20-21,24,31-32H,1,8,11-17H2,2-6H3/t20?,21-,24?,26+,27+,28+,29?/m1/s1. The van der Waals surface area contributed by atoms with Crippen molar-refractivity contribution in [3.63, 3.8) is 0 Å². The van der Waals surface area contributed by atoms with Gasteiger partial charge in [-0.25, -0.2) is 0 Å². The number of phenolic OH excluding ortho intramolecular Hbond substituents is 1. The summed E-state index contributed by atoms with van der Waals surface area (Å²) in [6.45, 7) is 14.5. The summed E-state index contributed by atoms with van der Waals surface area (Å²) in [5, 5.41) is 23.1. The lowest BCUT2D eigenvalue weighted by Gasteiger charge is -2.75. The number of ether oxygens (including phenoxy) is 2. The Bertz CT molecular complexity index is 1040. The van der Waals surface area contributed by atoms with Crippen LogP contribution in [0, 0.1) is 16.7 Å². The monoisotopic (exact) mass is 467 g/mol. The van der Waals surface area contributed by atoms with E-state index in [4.69, 9.17) is 9.47 Å². The first-order valence-corrected chi connectivity index (χ1v) is 13.1. The summed E-state index contributed by atoms with van der Waals surface area (Å²) in [5.74, 6) is 0.871. The van der Waals surface area contributed by atoms with Gasteiger partial charge in [-0.05, 0) is 69.0 Å². The van der Waals surface area contributed by atoms with Crippen LogP contribution in [0.15, 0.2) is 24.8 Å². The number of hydrogen-bond acceptors (Lipinski definition) is 5. The Hall–Kier alpha value is -1.56. The van der Waals surface area contributed by atoms with Crippen LogP contribution in [0.4, 0.5) is 0 Å². The molecule has 4 bridgehead atoms. The van der Waals surface area contributed by atoms with Crippen molar-refractivity contribution in [3.05, 3.63) is 35.9 Å². The summed E-state index contributed by atoms with van der Waals surface area (Å²) in [4.78, 5) is 2.70. The van der Waals surface area contributed by atoms with E-state index in [0.29, 0.717) is 11.8 Å². The highest BCUT2D eigenvalue weighted by molar-refractivity contribution is 5.63. The second-order valence-corrected chi connectivity index (χ2v) is 13.0. The van der Waals surface area contributed by atoms with Crippen molar-refractivity contribution >= 4 is 0 Å². The maximum atomic E-state index is 12.2. The molecule has 34 heavy (non-hydrogen) atoms. The molecule has 1 saturated heterocycles. The highest BCUT2D eigenvalue weighted by atomic mass is 16.6. The molecule has 5 nitrogen and oxygen atoms in total. The van der Waals surface area contributed by atoms with Gasteiger partial charge in [0.05, 0.1) is 5.60 Å². The van der Waals surface area contributed by atoms with Crippen LogP contribution < -0.4 is 4.74 Å². The quantitative estimate of drug-likeness (QED) is 0.621. The van der Waals surface area contributed by atoms with Gasteiger partial charge in [-0.15, -0.1) is 6.58 Å². The van der Waals surface area contributed by atoms with E-state index >= 15 is 0 Å². The molecule has 4 aliphatic carbocycles. The first-order valence-electron chi connectivity index (χ1n) is 13.1. The number of rotatable bonds is 5. The largest absolute Gasteiger partial charge is 0.504 e. The Labute approximate surface area is 204 Å². The van der Waals surface area contributed by atoms with E-state index in [9.17, 15) is 10.2 Å². The normalized spacial score (nSPS) is 41.5. The number of phenols is 1. The van der Waals surface area contributed by atoms with Crippen LogP contribution in [0.25, 0.3) is 0 Å². The number of fused-ring (bicyclic) bond motifs is 2. The lowest BCUT2D eigenvalue weighted by Crippen LogP contribution is -2.83. The Morgan fingerprint density at radius 2 is 2.00 bits per heavy atom. The lowest BCUT2D eigenvalue weighted by atomic mass is 9.33. The minimum Gasteiger partial charge on any atom is -0.504 e. The molecule has 1 aromatic carbocycles. The predicted octanol–water partition coefficient (Wildman–Crippen LogP) is 4.58. The molecule has 0 radical (unpaired) electrons. The van der Waals surface area contributed by atoms with Gasteiger partial charge in [-0.2, -0.15) is 0 Å². The summed E-state index contributed by atoms with van der Waals surface area (Å²) in [5.41, 5.74) is 0.562. The van der Waals surface area contributed by atoms with Crippen molar-refractivity contribution in [2.24, 2.45) is 16.7 Å². The third-order valence-electron chi connectivity index (χ3n) is 11.3. The number of likely N-dealkylation sites (tertiary alicyclic amines) is 1. The third kappa shape index (κ3) is 2.33. The minimum absolute atomic E-state index is 0.0106. The van der Waals surface area contributed by atoms with Gasteiger partial charge in [0.1, 0.15) is 11.7 Å². The fraction of sp³-hybridized carbons (Fsp3) is 0.724. The van der Waals surface area contributed by atoms with E-state index < -0.39 is 11.2 Å². The zero-order chi connectivity index (χ0) is 24.3. The van der Waals surface area contributed by atoms with Crippen LogP contribution in [0.5, 0.6) is 11.5 Å². The zero-order valence-corrected chi connectivity index (χ0v) is 21.5. The number of nitrogens with zero attached hydrogens (tertiary/aromatic N) is 1. The Morgan fingerprint density at radius 3 is 2.68 bits per heavy atom. The maximum Gasteiger partial charge on any atom is 0.165 e. The highest BCUT2D eigenvalue weighted by Gasteiger charge is 2.82. The number of piperidine rings is 1. The van der Waals surface area contributed by atoms with E-state index in [0.717, 1.165) is 51.6 Å². The summed E-state index contributed by atoms with van der Waals surface area (Å²) in [6, 6.07) is 4.33. The molecule has 2 aliphatic heterocycles. The van der Waals surface area contributed by atoms with Crippen LogP contribution in [0.3, 0.4) is 0 Å². The molecule has 3 saturated carbocycles. The predicted molar refractivity (Wildman–Crippen MR) is 132 cm³/mol. The van der Waals surface area contributed by atoms with Crippen molar-refractivity contribution < 1.29 is 19.7 Å². The fourth-order valence-electron chi connectivity index (χ4n) is 9.25. The average molecular weight is 468 g/mol. The van der Waals surface area contributed by atoms with Crippen LogP contribution in [0.1, 0.15) is 70.9 Å². The van der Waals surface area contributed by atoms with Crippen LogP contribution in [-0.4, -0.2) is 58.7 Å². The summed E-state index contributed by atoms with van der Waals surface area (Å²) < 4.78 is 13.4. The number of methoxy groups -OCH3 is 1. The van der Waals surface area contributed by atoms with Gasteiger partial charge in [0.15, 0.2) is 11.5 Å². The van der Waals surface area contributed by atoms with Gasteiger partial charge in [-0.1, -0.05) is 32.9 Å². The Kier molecular flexibility index (Phi) is 4.58. The molecule has 2 spiro atoms. The molecule has 2 heterocycles. The van der Waals surface area contributed by atoms with Crippen molar-refractivity contribution in [3.8, 4) is 11.5 Å². The van der Waals surface area contributed by atoms with E-state index in [1.807, 2.05) is 26.2 Å². The molecule has 7 atom stereocenters. The molecular formula is C29H41NO4. The van der Waals surface area contributed by atoms with Gasteiger partial charge < -0.3 is 19.7 Å². The Morgan fingerprint density at radius 1 is 1.24 bits per heavy atom.